The molecule has 0 spiro atoms. The van der Waals surface area contributed by atoms with Crippen LogP contribution in [0.4, 0.5) is 0 Å². The lowest BCUT2D eigenvalue weighted by Crippen LogP contribution is -2.60. The maximum Gasteiger partial charge on any atom is 0.328 e. The third-order valence-electron chi connectivity index (χ3n) is 5.50. The van der Waals surface area contributed by atoms with Crippen molar-refractivity contribution < 1.29 is 39.6 Å². The lowest BCUT2D eigenvalue weighted by Gasteiger charge is -2.26. The number of phenols is 1. The zero-order valence-corrected chi connectivity index (χ0v) is 20.2. The molecule has 0 aliphatic carbocycles. The predicted molar refractivity (Wildman–Crippen MR) is 132 cm³/mol. The summed E-state index contributed by atoms with van der Waals surface area (Å²) in [5.74, 6) is -4.02. The highest BCUT2D eigenvalue weighted by Gasteiger charge is 2.32. The van der Waals surface area contributed by atoms with Gasteiger partial charge in [0.1, 0.15) is 23.9 Å². The topological polar surface area (TPSA) is 211 Å². The molecular weight excluding hydrogens is 484 g/mol. The molecule has 5 atom stereocenters. The van der Waals surface area contributed by atoms with Crippen molar-refractivity contribution in [1.29, 1.82) is 0 Å². The Bertz CT molecular complexity index is 1060. The number of nitrogens with one attached hydrogen (secondary N) is 3. The first-order valence-electron chi connectivity index (χ1n) is 11.5. The number of hydrogen-bond donors (Lipinski definition) is 8. The number of aliphatic hydroxyl groups excluding tert-OH is 2. The molecule has 0 saturated heterocycles. The van der Waals surface area contributed by atoms with E-state index in [1.807, 2.05) is 11.4 Å². The van der Waals surface area contributed by atoms with Crippen molar-refractivity contribution in [2.45, 2.75) is 50.0 Å². The fourth-order valence-corrected chi connectivity index (χ4v) is 3.42. The molecule has 9 N–H and O–H groups in total. The maximum atomic E-state index is 13.2. The van der Waals surface area contributed by atoms with E-state index in [1.165, 1.54) is 19.1 Å². The molecule has 0 radical (unpaired) electrons. The summed E-state index contributed by atoms with van der Waals surface area (Å²) < 4.78 is 0. The van der Waals surface area contributed by atoms with Crippen molar-refractivity contribution in [2.75, 3.05) is 6.61 Å². The molecule has 12 heteroatoms. The highest BCUT2D eigenvalue weighted by molar-refractivity contribution is 5.94. The van der Waals surface area contributed by atoms with Gasteiger partial charge in [-0.1, -0.05) is 42.5 Å². The van der Waals surface area contributed by atoms with Crippen LogP contribution in [0.15, 0.2) is 54.6 Å². The Kier molecular flexibility index (Phi) is 11.0. The van der Waals surface area contributed by atoms with E-state index in [0.717, 1.165) is 5.56 Å². The van der Waals surface area contributed by atoms with Crippen LogP contribution in [0.2, 0.25) is 0 Å². The smallest absolute Gasteiger partial charge is 0.328 e. The molecule has 3 amide bonds. The molecule has 0 aromatic heterocycles. The zero-order chi connectivity index (χ0) is 27.5. The number of carboxylic acids is 1. The number of hydrogen-bond acceptors (Lipinski definition) is 8. The fraction of sp³-hybridized carbons (Fsp3) is 0.360. The minimum atomic E-state index is -1.64. The van der Waals surface area contributed by atoms with Gasteiger partial charge in [0.15, 0.2) is 0 Å². The molecule has 5 unspecified atom stereocenters. The van der Waals surface area contributed by atoms with Gasteiger partial charge in [0.05, 0.1) is 18.8 Å². The fourth-order valence-electron chi connectivity index (χ4n) is 3.42. The number of aromatic hydroxyl groups is 1. The number of carbonyl (C=O) groups excluding carboxylic acids is 3. The van der Waals surface area contributed by atoms with Gasteiger partial charge in [-0.15, -0.1) is 0 Å². The summed E-state index contributed by atoms with van der Waals surface area (Å²) in [5, 5.41) is 44.7. The molecule has 0 fully saturated rings. The summed E-state index contributed by atoms with van der Waals surface area (Å²) >= 11 is 0. The Morgan fingerprint density at radius 3 is 1.92 bits per heavy atom. The van der Waals surface area contributed by atoms with Crippen LogP contribution in [0.25, 0.3) is 0 Å². The number of carbonyl (C=O) groups is 4. The van der Waals surface area contributed by atoms with Crippen molar-refractivity contribution in [2.24, 2.45) is 5.73 Å². The van der Waals surface area contributed by atoms with Crippen molar-refractivity contribution in [1.82, 2.24) is 16.0 Å². The molecule has 0 bridgehead atoms. The summed E-state index contributed by atoms with van der Waals surface area (Å²) in [4.78, 5) is 49.7. The van der Waals surface area contributed by atoms with E-state index < -0.39 is 60.6 Å². The van der Waals surface area contributed by atoms with Crippen LogP contribution in [0.1, 0.15) is 18.1 Å². The van der Waals surface area contributed by atoms with Gasteiger partial charge in [-0.05, 0) is 36.6 Å². The van der Waals surface area contributed by atoms with Crippen LogP contribution >= 0.6 is 0 Å². The minimum absolute atomic E-state index is 0.00128. The summed E-state index contributed by atoms with van der Waals surface area (Å²) in [6.45, 7) is 0.308. The highest BCUT2D eigenvalue weighted by atomic mass is 16.4. The van der Waals surface area contributed by atoms with Crippen molar-refractivity contribution in [3.8, 4) is 5.75 Å². The first-order valence-corrected chi connectivity index (χ1v) is 11.5. The van der Waals surface area contributed by atoms with E-state index >= 15 is 0 Å². The number of aliphatic carboxylic acids is 1. The minimum Gasteiger partial charge on any atom is -0.508 e. The molecule has 37 heavy (non-hydrogen) atoms. The van der Waals surface area contributed by atoms with E-state index in [4.69, 9.17) is 15.9 Å². The Balaban J connectivity index is 2.20. The average molecular weight is 517 g/mol. The van der Waals surface area contributed by atoms with Gasteiger partial charge in [0.25, 0.3) is 0 Å². The SMILES string of the molecule is CC(O)C(NC(=O)C(Cc1ccc(O)cc1)NC(=O)C(N)Cc1ccccc1)C(=O)NC(CO)C(=O)O. The number of benzene rings is 2. The van der Waals surface area contributed by atoms with Crippen molar-refractivity contribution in [3.63, 3.8) is 0 Å². The van der Waals surface area contributed by atoms with Crippen LogP contribution in [0, 0.1) is 0 Å². The summed E-state index contributed by atoms with van der Waals surface area (Å²) in [7, 11) is 0. The highest BCUT2D eigenvalue weighted by Crippen LogP contribution is 2.12. The molecule has 0 saturated carbocycles. The van der Waals surface area contributed by atoms with Gasteiger partial charge in [0, 0.05) is 6.42 Å². The Morgan fingerprint density at radius 2 is 1.38 bits per heavy atom. The first-order chi connectivity index (χ1) is 17.5. The summed E-state index contributed by atoms with van der Waals surface area (Å²) in [6.07, 6.45) is -1.28. The van der Waals surface area contributed by atoms with Crippen molar-refractivity contribution >= 4 is 23.7 Å². The third-order valence-corrected chi connectivity index (χ3v) is 5.50. The van der Waals surface area contributed by atoms with E-state index in [9.17, 15) is 29.4 Å². The predicted octanol–water partition coefficient (Wildman–Crippen LogP) is -1.58. The molecule has 12 nitrogen and oxygen atoms in total. The van der Waals surface area contributed by atoms with Gasteiger partial charge in [-0.25, -0.2) is 4.79 Å². The summed E-state index contributed by atoms with van der Waals surface area (Å²) in [6, 6.07) is 9.46. The van der Waals surface area contributed by atoms with E-state index in [-0.39, 0.29) is 18.6 Å². The van der Waals surface area contributed by atoms with Crippen LogP contribution in [0.3, 0.4) is 0 Å². The third kappa shape index (κ3) is 9.18. The van der Waals surface area contributed by atoms with Crippen LogP contribution in [-0.2, 0) is 32.0 Å². The second-order valence-electron chi connectivity index (χ2n) is 8.54. The molecule has 200 valence electrons. The number of carboxylic acid groups (broad SMARTS) is 1. The lowest BCUT2D eigenvalue weighted by atomic mass is 10.0. The zero-order valence-electron chi connectivity index (χ0n) is 20.2. The number of nitrogens with two attached hydrogens (primary N) is 1. The van der Waals surface area contributed by atoms with E-state index in [0.29, 0.717) is 5.56 Å². The van der Waals surface area contributed by atoms with Gasteiger partial charge in [-0.2, -0.15) is 0 Å². The molecule has 0 aliphatic rings. The lowest BCUT2D eigenvalue weighted by molar-refractivity contribution is -0.144. The van der Waals surface area contributed by atoms with Crippen LogP contribution in [-0.4, -0.2) is 81.0 Å². The van der Waals surface area contributed by atoms with Crippen LogP contribution in [0.5, 0.6) is 5.75 Å². The molecular formula is C25H32N4O8. The molecule has 0 heterocycles. The van der Waals surface area contributed by atoms with E-state index in [2.05, 4.69) is 10.6 Å². The van der Waals surface area contributed by atoms with Crippen LogP contribution < -0.4 is 21.7 Å². The monoisotopic (exact) mass is 516 g/mol. The summed E-state index contributed by atoms with van der Waals surface area (Å²) in [5.41, 5.74) is 7.43. The molecule has 0 aliphatic heterocycles. The normalized spacial score (nSPS) is 14.9. The molecule has 2 aromatic carbocycles. The van der Waals surface area contributed by atoms with E-state index in [1.54, 1.807) is 36.4 Å². The molecule has 2 aromatic rings. The van der Waals surface area contributed by atoms with Gasteiger partial charge >= 0.3 is 5.97 Å². The largest absolute Gasteiger partial charge is 0.508 e. The number of phenolic OH excluding ortho intramolecular Hbond substituents is 1. The number of aliphatic hydroxyl groups is 2. The first kappa shape index (κ1) is 29.2. The Labute approximate surface area is 213 Å². The average Bonchev–Trinajstić information content (AvgIpc) is 2.86. The molecule has 2 rings (SSSR count). The van der Waals surface area contributed by atoms with Gasteiger partial charge in [-0.3, -0.25) is 14.4 Å². The number of rotatable bonds is 13. The van der Waals surface area contributed by atoms with Gasteiger partial charge in [0.2, 0.25) is 17.7 Å². The second-order valence-corrected chi connectivity index (χ2v) is 8.54. The second kappa shape index (κ2) is 13.9. The quantitative estimate of drug-likeness (QED) is 0.154. The Hall–Kier alpha value is -4.00. The van der Waals surface area contributed by atoms with Crippen molar-refractivity contribution in [3.05, 3.63) is 65.7 Å². The number of amides is 3. The Morgan fingerprint density at radius 1 is 0.811 bits per heavy atom. The maximum absolute atomic E-state index is 13.2. The standard InChI is InChI=1S/C25H32N4O8/c1-14(31)21(24(35)28-20(13-30)25(36)37)29-23(34)19(12-16-7-9-17(32)10-8-16)27-22(33)18(26)11-15-5-3-2-4-6-15/h2-10,14,18-21,30-32H,11-13,26H2,1H3,(H,27,33)(H,28,35)(H,29,34)(H,36,37). The van der Waals surface area contributed by atoms with Gasteiger partial charge < -0.3 is 42.1 Å².